The number of amides is 1. The van der Waals surface area contributed by atoms with Crippen LogP contribution >= 0.6 is 0 Å². The number of carbonyl (C=O) groups is 1. The molecule has 11 heteroatoms. The standard InChI is InChI=1S/C23H22N6O5/c1-15-7-9-27(10-8-15)22-6-5-21(25-26-22)16-3-2-4-18(11-16)24-23(30)17-12-19(28(31)32)14-20(13-17)29(33)34/h2-6,11-15H,7-10H2,1H3,(H,24,30). The third-order valence-corrected chi connectivity index (χ3v) is 5.76. The summed E-state index contributed by atoms with van der Waals surface area (Å²) in [7, 11) is 0. The van der Waals surface area contributed by atoms with Gasteiger partial charge in [-0.25, -0.2) is 0 Å². The quantitative estimate of drug-likeness (QED) is 0.418. The van der Waals surface area contributed by atoms with Crippen molar-refractivity contribution in [3.63, 3.8) is 0 Å². The molecule has 0 radical (unpaired) electrons. The van der Waals surface area contributed by atoms with Gasteiger partial charge in [0.05, 0.1) is 27.2 Å². The zero-order valence-corrected chi connectivity index (χ0v) is 18.4. The maximum atomic E-state index is 12.7. The summed E-state index contributed by atoms with van der Waals surface area (Å²) in [6.07, 6.45) is 2.25. The molecule has 11 nitrogen and oxygen atoms in total. The lowest BCUT2D eigenvalue weighted by Crippen LogP contribution is -2.33. The van der Waals surface area contributed by atoms with Crippen molar-refractivity contribution in [2.75, 3.05) is 23.3 Å². The summed E-state index contributed by atoms with van der Waals surface area (Å²) in [5.41, 5.74) is 0.488. The number of rotatable bonds is 6. The Morgan fingerprint density at radius 2 is 1.65 bits per heavy atom. The molecular formula is C23H22N6O5. The molecule has 1 amide bonds. The zero-order chi connectivity index (χ0) is 24.2. The van der Waals surface area contributed by atoms with Crippen LogP contribution in [-0.4, -0.2) is 39.0 Å². The van der Waals surface area contributed by atoms with Crippen molar-refractivity contribution >= 4 is 28.8 Å². The molecule has 1 N–H and O–H groups in total. The van der Waals surface area contributed by atoms with Gasteiger partial charge < -0.3 is 10.2 Å². The third-order valence-electron chi connectivity index (χ3n) is 5.76. The predicted molar refractivity (Wildman–Crippen MR) is 126 cm³/mol. The van der Waals surface area contributed by atoms with Crippen molar-refractivity contribution in [2.24, 2.45) is 5.92 Å². The topological polar surface area (TPSA) is 144 Å². The number of hydrogen-bond acceptors (Lipinski definition) is 8. The lowest BCUT2D eigenvalue weighted by atomic mass is 9.99. The summed E-state index contributed by atoms with van der Waals surface area (Å²) >= 11 is 0. The molecule has 1 aliphatic rings. The highest BCUT2D eigenvalue weighted by Gasteiger charge is 2.20. The molecule has 1 saturated heterocycles. The summed E-state index contributed by atoms with van der Waals surface area (Å²) < 4.78 is 0. The minimum Gasteiger partial charge on any atom is -0.355 e. The van der Waals surface area contributed by atoms with E-state index >= 15 is 0 Å². The Morgan fingerprint density at radius 3 is 2.24 bits per heavy atom. The third kappa shape index (κ3) is 5.14. The lowest BCUT2D eigenvalue weighted by Gasteiger charge is -2.30. The molecule has 0 atom stereocenters. The van der Waals surface area contributed by atoms with E-state index in [1.165, 1.54) is 0 Å². The second-order valence-electron chi connectivity index (χ2n) is 8.23. The number of non-ortho nitro benzene ring substituents is 2. The number of carbonyl (C=O) groups excluding carboxylic acids is 1. The highest BCUT2D eigenvalue weighted by molar-refractivity contribution is 6.05. The van der Waals surface area contributed by atoms with E-state index in [0.717, 1.165) is 55.9 Å². The highest BCUT2D eigenvalue weighted by Crippen LogP contribution is 2.26. The van der Waals surface area contributed by atoms with Gasteiger partial charge in [0.15, 0.2) is 5.82 Å². The molecule has 2 heterocycles. The van der Waals surface area contributed by atoms with E-state index in [1.807, 2.05) is 18.2 Å². The van der Waals surface area contributed by atoms with Crippen LogP contribution < -0.4 is 10.2 Å². The molecule has 1 aliphatic heterocycles. The van der Waals surface area contributed by atoms with Crippen LogP contribution in [0.25, 0.3) is 11.3 Å². The largest absolute Gasteiger partial charge is 0.355 e. The van der Waals surface area contributed by atoms with Crippen molar-refractivity contribution < 1.29 is 14.6 Å². The molecule has 174 valence electrons. The first kappa shape index (κ1) is 22.8. The first-order valence-corrected chi connectivity index (χ1v) is 10.7. The van der Waals surface area contributed by atoms with Crippen molar-refractivity contribution in [2.45, 2.75) is 19.8 Å². The second kappa shape index (κ2) is 9.61. The fraction of sp³-hybridized carbons (Fsp3) is 0.261. The van der Waals surface area contributed by atoms with Gasteiger partial charge in [-0.15, -0.1) is 10.2 Å². The van der Waals surface area contributed by atoms with Gasteiger partial charge in [-0.2, -0.15) is 0 Å². The molecule has 1 aromatic heterocycles. The molecule has 2 aromatic carbocycles. The van der Waals surface area contributed by atoms with Gasteiger partial charge in [0.25, 0.3) is 17.3 Å². The maximum absolute atomic E-state index is 12.7. The Balaban J connectivity index is 1.51. The lowest BCUT2D eigenvalue weighted by molar-refractivity contribution is -0.394. The number of anilines is 2. The van der Waals surface area contributed by atoms with Crippen molar-refractivity contribution in [1.82, 2.24) is 10.2 Å². The number of benzene rings is 2. The van der Waals surface area contributed by atoms with Gasteiger partial charge in [-0.3, -0.25) is 25.0 Å². The first-order chi connectivity index (χ1) is 16.3. The van der Waals surface area contributed by atoms with Crippen LogP contribution in [0.15, 0.2) is 54.6 Å². The fourth-order valence-electron chi connectivity index (χ4n) is 3.78. The molecule has 0 bridgehead atoms. The average molecular weight is 462 g/mol. The second-order valence-corrected chi connectivity index (χ2v) is 8.23. The van der Waals surface area contributed by atoms with Gasteiger partial charge in [-0.1, -0.05) is 19.1 Å². The molecule has 4 rings (SSSR count). The number of hydrogen-bond donors (Lipinski definition) is 1. The van der Waals surface area contributed by atoms with E-state index in [9.17, 15) is 25.0 Å². The van der Waals surface area contributed by atoms with Crippen LogP contribution in [0, 0.1) is 26.1 Å². The molecule has 3 aromatic rings. The Morgan fingerprint density at radius 1 is 0.971 bits per heavy atom. The van der Waals surface area contributed by atoms with E-state index in [0.29, 0.717) is 16.9 Å². The van der Waals surface area contributed by atoms with Gasteiger partial charge in [0.1, 0.15) is 0 Å². The number of piperidine rings is 1. The highest BCUT2D eigenvalue weighted by atomic mass is 16.6. The molecule has 0 aliphatic carbocycles. The SMILES string of the molecule is CC1CCN(c2ccc(-c3cccc(NC(=O)c4cc([N+](=O)[O-])cc([N+](=O)[O-])c4)c3)nn2)CC1. The predicted octanol–water partition coefficient (Wildman–Crippen LogP) is 4.45. The van der Waals surface area contributed by atoms with Crippen LogP contribution in [0.3, 0.4) is 0 Å². The van der Waals surface area contributed by atoms with E-state index in [1.54, 1.807) is 18.2 Å². The average Bonchev–Trinajstić information content (AvgIpc) is 2.84. The minimum atomic E-state index is -0.781. The number of nitro groups is 2. The van der Waals surface area contributed by atoms with Crippen LogP contribution in [-0.2, 0) is 0 Å². The van der Waals surface area contributed by atoms with E-state index in [4.69, 9.17) is 0 Å². The molecule has 0 unspecified atom stereocenters. The van der Waals surface area contributed by atoms with E-state index < -0.39 is 27.1 Å². The fourth-order valence-corrected chi connectivity index (χ4v) is 3.78. The molecule has 0 saturated carbocycles. The normalized spacial score (nSPS) is 14.0. The van der Waals surface area contributed by atoms with E-state index in [-0.39, 0.29) is 5.56 Å². The van der Waals surface area contributed by atoms with Crippen molar-refractivity contribution in [3.05, 3.63) is 80.4 Å². The molecule has 1 fully saturated rings. The molecule has 34 heavy (non-hydrogen) atoms. The Bertz CT molecular complexity index is 1210. The van der Waals surface area contributed by atoms with Crippen LogP contribution in [0.2, 0.25) is 0 Å². The monoisotopic (exact) mass is 462 g/mol. The number of aromatic nitrogens is 2. The summed E-state index contributed by atoms with van der Waals surface area (Å²) in [6.45, 7) is 4.15. The zero-order valence-electron chi connectivity index (χ0n) is 18.4. The maximum Gasteiger partial charge on any atom is 0.277 e. The van der Waals surface area contributed by atoms with E-state index in [2.05, 4.69) is 27.3 Å². The first-order valence-electron chi connectivity index (χ1n) is 10.7. The van der Waals surface area contributed by atoms with Crippen LogP contribution in [0.4, 0.5) is 22.9 Å². The van der Waals surface area contributed by atoms with Crippen LogP contribution in [0.1, 0.15) is 30.1 Å². The van der Waals surface area contributed by atoms with Crippen LogP contribution in [0.5, 0.6) is 0 Å². The number of nitrogens with zero attached hydrogens (tertiary/aromatic N) is 5. The van der Waals surface area contributed by atoms with Gasteiger partial charge in [-0.05, 0) is 43.0 Å². The van der Waals surface area contributed by atoms with Crippen molar-refractivity contribution in [3.8, 4) is 11.3 Å². The smallest absolute Gasteiger partial charge is 0.277 e. The van der Waals surface area contributed by atoms with Gasteiger partial charge in [0, 0.05) is 36.5 Å². The summed E-state index contributed by atoms with van der Waals surface area (Å²) in [4.78, 5) is 35.5. The summed E-state index contributed by atoms with van der Waals surface area (Å²) in [5.74, 6) is 0.840. The molecular weight excluding hydrogens is 440 g/mol. The van der Waals surface area contributed by atoms with Gasteiger partial charge in [0.2, 0.25) is 0 Å². The number of nitrogens with one attached hydrogen (secondary N) is 1. The minimum absolute atomic E-state index is 0.189. The summed E-state index contributed by atoms with van der Waals surface area (Å²) in [5, 5.41) is 33.5. The van der Waals surface area contributed by atoms with Gasteiger partial charge >= 0.3 is 0 Å². The Labute approximate surface area is 194 Å². The Hall–Kier alpha value is -4.41. The Kier molecular flexibility index (Phi) is 6.44. The van der Waals surface area contributed by atoms with Crippen molar-refractivity contribution in [1.29, 1.82) is 0 Å². The number of nitro benzene ring substituents is 2. The summed E-state index contributed by atoms with van der Waals surface area (Å²) in [6, 6.07) is 13.5. The molecule has 0 spiro atoms.